The first-order valence-corrected chi connectivity index (χ1v) is 9.12. The van der Waals surface area contributed by atoms with Crippen molar-refractivity contribution in [3.63, 3.8) is 0 Å². The Morgan fingerprint density at radius 1 is 1.15 bits per heavy atom. The van der Waals surface area contributed by atoms with Gasteiger partial charge in [-0.1, -0.05) is 73.7 Å². The summed E-state index contributed by atoms with van der Waals surface area (Å²) in [4.78, 5) is 12.5. The Morgan fingerprint density at radius 2 is 1.81 bits per heavy atom. The molecular formula is C23H25NO3. The van der Waals surface area contributed by atoms with Gasteiger partial charge in [0.2, 0.25) is 0 Å². The van der Waals surface area contributed by atoms with Gasteiger partial charge in [0.25, 0.3) is 5.91 Å². The molecular weight excluding hydrogens is 338 g/mol. The van der Waals surface area contributed by atoms with Crippen molar-refractivity contribution >= 4 is 5.91 Å². The van der Waals surface area contributed by atoms with Crippen LogP contribution >= 0.6 is 0 Å². The molecule has 0 heterocycles. The third-order valence-electron chi connectivity index (χ3n) is 4.73. The Kier molecular flexibility index (Phi) is 6.09. The van der Waals surface area contributed by atoms with Crippen molar-refractivity contribution in [2.75, 3.05) is 13.2 Å². The lowest BCUT2D eigenvalue weighted by molar-refractivity contribution is -0.123. The highest BCUT2D eigenvalue weighted by Crippen LogP contribution is 2.33. The monoisotopic (exact) mass is 363 g/mol. The van der Waals surface area contributed by atoms with Gasteiger partial charge < -0.3 is 15.2 Å². The summed E-state index contributed by atoms with van der Waals surface area (Å²) in [6.07, 6.45) is 6.84. The van der Waals surface area contributed by atoms with Crippen LogP contribution in [0.3, 0.4) is 0 Å². The Balaban J connectivity index is 1.72. The Labute approximate surface area is 160 Å². The van der Waals surface area contributed by atoms with E-state index in [1.165, 1.54) is 0 Å². The van der Waals surface area contributed by atoms with Gasteiger partial charge in [-0.15, -0.1) is 0 Å². The summed E-state index contributed by atoms with van der Waals surface area (Å²) in [7, 11) is 0. The van der Waals surface area contributed by atoms with Crippen molar-refractivity contribution < 1.29 is 14.6 Å². The number of ether oxygens (including phenoxy) is 1. The third-order valence-corrected chi connectivity index (χ3v) is 4.73. The summed E-state index contributed by atoms with van der Waals surface area (Å²) in [6.45, 7) is 2.07. The van der Waals surface area contributed by atoms with Crippen LogP contribution in [0.4, 0.5) is 0 Å². The average Bonchev–Trinajstić information content (AvgIpc) is 2.73. The lowest BCUT2D eigenvalue weighted by atomic mass is 9.80. The molecule has 0 aliphatic heterocycles. The maximum atomic E-state index is 12.5. The van der Waals surface area contributed by atoms with Crippen LogP contribution in [0.2, 0.25) is 0 Å². The van der Waals surface area contributed by atoms with E-state index in [0.717, 1.165) is 17.6 Å². The lowest BCUT2D eigenvalue weighted by Crippen LogP contribution is -2.34. The molecule has 0 fully saturated rings. The number of aliphatic hydroxyl groups excluding tert-OH is 1. The molecule has 2 atom stereocenters. The van der Waals surface area contributed by atoms with Crippen LogP contribution in [0.1, 0.15) is 24.9 Å². The summed E-state index contributed by atoms with van der Waals surface area (Å²) < 4.78 is 5.56. The fraction of sp³-hybridized carbons (Fsp3) is 0.261. The second kappa shape index (κ2) is 8.69. The van der Waals surface area contributed by atoms with E-state index in [1.54, 1.807) is 0 Å². The van der Waals surface area contributed by atoms with Crippen LogP contribution in [-0.2, 0) is 4.79 Å². The summed E-state index contributed by atoms with van der Waals surface area (Å²) in [6, 6.07) is 18.9. The number of para-hydroxylation sites is 1. The zero-order valence-electron chi connectivity index (χ0n) is 15.5. The summed E-state index contributed by atoms with van der Waals surface area (Å²) in [5, 5.41) is 12.6. The molecule has 2 unspecified atom stereocenters. The normalized spacial score (nSPS) is 19.9. The van der Waals surface area contributed by atoms with Gasteiger partial charge in [-0.2, -0.15) is 0 Å². The molecule has 27 heavy (non-hydrogen) atoms. The van der Waals surface area contributed by atoms with E-state index in [1.807, 2.05) is 79.7 Å². The number of benzene rings is 2. The van der Waals surface area contributed by atoms with Crippen LogP contribution < -0.4 is 10.1 Å². The summed E-state index contributed by atoms with van der Waals surface area (Å²) in [5.74, 6) is 0.483. The van der Waals surface area contributed by atoms with Gasteiger partial charge in [0.15, 0.2) is 6.61 Å². The molecule has 0 spiro atoms. The average molecular weight is 363 g/mol. The number of carbonyl (C=O) groups excluding carboxylic acids is 1. The smallest absolute Gasteiger partial charge is 0.258 e. The minimum Gasteiger partial charge on any atom is -0.484 e. The second-order valence-electron chi connectivity index (χ2n) is 7.07. The predicted octanol–water partition coefficient (Wildman–Crippen LogP) is 3.81. The van der Waals surface area contributed by atoms with Crippen LogP contribution in [0.25, 0.3) is 0 Å². The number of nitrogens with one attached hydrogen (secondary N) is 1. The van der Waals surface area contributed by atoms with E-state index in [-0.39, 0.29) is 30.6 Å². The van der Waals surface area contributed by atoms with Crippen molar-refractivity contribution in [2.24, 2.45) is 5.41 Å². The van der Waals surface area contributed by atoms with Crippen LogP contribution in [-0.4, -0.2) is 24.2 Å². The second-order valence-corrected chi connectivity index (χ2v) is 7.07. The molecule has 0 saturated heterocycles. The van der Waals surface area contributed by atoms with Gasteiger partial charge in [-0.25, -0.2) is 0 Å². The zero-order valence-corrected chi connectivity index (χ0v) is 15.5. The third kappa shape index (κ3) is 5.08. The number of hydrogen-bond acceptors (Lipinski definition) is 3. The number of aliphatic hydroxyl groups is 1. The van der Waals surface area contributed by atoms with E-state index < -0.39 is 0 Å². The first kappa shape index (κ1) is 18.9. The van der Waals surface area contributed by atoms with Gasteiger partial charge in [0.05, 0.1) is 12.6 Å². The Hall–Kier alpha value is -2.85. The van der Waals surface area contributed by atoms with Crippen molar-refractivity contribution in [2.45, 2.75) is 19.4 Å². The molecule has 4 heteroatoms. The first-order chi connectivity index (χ1) is 13.1. The highest BCUT2D eigenvalue weighted by atomic mass is 16.5. The van der Waals surface area contributed by atoms with E-state index in [9.17, 15) is 9.90 Å². The molecule has 4 nitrogen and oxygen atoms in total. The molecule has 0 aromatic heterocycles. The van der Waals surface area contributed by atoms with Gasteiger partial charge in [0, 0.05) is 5.41 Å². The topological polar surface area (TPSA) is 58.6 Å². The fourth-order valence-corrected chi connectivity index (χ4v) is 2.99. The minimum atomic E-state index is -0.252. The molecule has 140 valence electrons. The fourth-order valence-electron chi connectivity index (χ4n) is 2.99. The molecule has 1 aliphatic carbocycles. The molecule has 2 N–H and O–H groups in total. The van der Waals surface area contributed by atoms with Crippen LogP contribution in [0.5, 0.6) is 5.75 Å². The predicted molar refractivity (Wildman–Crippen MR) is 106 cm³/mol. The minimum absolute atomic E-state index is 0.0430. The number of rotatable bonds is 7. The Bertz CT molecular complexity index is 814. The van der Waals surface area contributed by atoms with E-state index in [2.05, 4.69) is 11.4 Å². The van der Waals surface area contributed by atoms with E-state index in [0.29, 0.717) is 5.75 Å². The molecule has 0 radical (unpaired) electrons. The van der Waals surface area contributed by atoms with Crippen molar-refractivity contribution in [3.05, 3.63) is 90.0 Å². The maximum Gasteiger partial charge on any atom is 0.258 e. The van der Waals surface area contributed by atoms with E-state index >= 15 is 0 Å². The van der Waals surface area contributed by atoms with E-state index in [4.69, 9.17) is 4.74 Å². The summed E-state index contributed by atoms with van der Waals surface area (Å²) in [5.41, 5.74) is 1.78. The first-order valence-electron chi connectivity index (χ1n) is 9.12. The molecule has 1 amide bonds. The Morgan fingerprint density at radius 3 is 2.41 bits per heavy atom. The summed E-state index contributed by atoms with van der Waals surface area (Å²) >= 11 is 0. The zero-order chi connectivity index (χ0) is 19.1. The highest BCUT2D eigenvalue weighted by molar-refractivity contribution is 5.78. The highest BCUT2D eigenvalue weighted by Gasteiger charge is 2.25. The largest absolute Gasteiger partial charge is 0.484 e. The maximum absolute atomic E-state index is 12.5. The van der Waals surface area contributed by atoms with Crippen molar-refractivity contribution in [3.8, 4) is 5.75 Å². The molecule has 2 aromatic rings. The van der Waals surface area contributed by atoms with Gasteiger partial charge >= 0.3 is 0 Å². The molecule has 0 saturated carbocycles. The molecule has 2 aromatic carbocycles. The lowest BCUT2D eigenvalue weighted by Gasteiger charge is -2.29. The van der Waals surface area contributed by atoms with Crippen LogP contribution in [0.15, 0.2) is 84.5 Å². The number of hydrogen-bond donors (Lipinski definition) is 2. The standard InChI is InChI=1S/C23H25NO3/c1-23(17-25)14-12-19(13-15-23)22(18-8-4-2-5-9-18)24-21(26)16-27-20-10-6-3-7-11-20/h2-14,22,25H,15-17H2,1H3,(H,24,26). The number of amides is 1. The van der Waals surface area contributed by atoms with Gasteiger partial charge in [0.1, 0.15) is 5.75 Å². The van der Waals surface area contributed by atoms with Gasteiger partial charge in [-0.3, -0.25) is 4.79 Å². The quantitative estimate of drug-likeness (QED) is 0.786. The molecule has 0 bridgehead atoms. The number of allylic oxidation sites excluding steroid dienone is 1. The molecule has 1 aliphatic rings. The SMILES string of the molecule is CC1(CO)C=CC(C(NC(=O)COc2ccccc2)c2ccccc2)=CC1. The van der Waals surface area contributed by atoms with Crippen molar-refractivity contribution in [1.82, 2.24) is 5.32 Å². The molecule has 3 rings (SSSR count). The number of carbonyl (C=O) groups is 1. The van der Waals surface area contributed by atoms with Crippen molar-refractivity contribution in [1.29, 1.82) is 0 Å². The van der Waals surface area contributed by atoms with Gasteiger partial charge in [-0.05, 0) is 29.7 Å². The van der Waals surface area contributed by atoms with Crippen LogP contribution in [0, 0.1) is 5.41 Å².